The van der Waals surface area contributed by atoms with Gasteiger partial charge in [-0.3, -0.25) is 4.79 Å². The predicted molar refractivity (Wildman–Crippen MR) is 99.8 cm³/mol. The first-order valence-corrected chi connectivity index (χ1v) is 10.0. The molecule has 0 amide bonds. The summed E-state index contributed by atoms with van der Waals surface area (Å²) in [7, 11) is 0. The smallest absolute Gasteiger partial charge is 0.307 e. The van der Waals surface area contributed by atoms with Crippen molar-refractivity contribution in [3.05, 3.63) is 20.8 Å². The molecule has 0 saturated carbocycles. The Balaban J connectivity index is 2.33. The highest BCUT2D eigenvalue weighted by atomic mass is 79.9. The second kappa shape index (κ2) is 9.60. The lowest BCUT2D eigenvalue weighted by Crippen LogP contribution is -2.31. The van der Waals surface area contributed by atoms with Gasteiger partial charge >= 0.3 is 5.97 Å². The number of nitrogens with zero attached hydrogens (tertiary/aromatic N) is 5. The van der Waals surface area contributed by atoms with Crippen molar-refractivity contribution < 1.29 is 14.6 Å². The lowest BCUT2D eigenvalue weighted by Gasteiger charge is -2.25. The van der Waals surface area contributed by atoms with Crippen LogP contribution in [0.15, 0.2) is 9.30 Å². The van der Waals surface area contributed by atoms with E-state index in [-0.39, 0.29) is 12.6 Å². The van der Waals surface area contributed by atoms with Gasteiger partial charge < -0.3 is 9.84 Å². The maximum absolute atomic E-state index is 11.9. The second-order valence-electron chi connectivity index (χ2n) is 5.81. The molecule has 0 fully saturated rings. The van der Waals surface area contributed by atoms with E-state index in [1.165, 1.54) is 16.0 Å². The summed E-state index contributed by atoms with van der Waals surface area (Å²) in [6.45, 7) is 4.38. The summed E-state index contributed by atoms with van der Waals surface area (Å²) >= 11 is 8.90. The molecule has 138 valence electrons. The summed E-state index contributed by atoms with van der Waals surface area (Å²) in [5.41, 5.74) is 0.805. The Hall–Kier alpha value is -1.04. The zero-order valence-corrected chi connectivity index (χ0v) is 17.2. The Morgan fingerprint density at radius 3 is 2.84 bits per heavy atom. The van der Waals surface area contributed by atoms with Crippen LogP contribution in [0.3, 0.4) is 0 Å². The normalized spacial score (nSPS) is 14.0. The topological polar surface area (TPSA) is 103 Å². The molecule has 11 heteroatoms. The number of halogens is 1. The lowest BCUT2D eigenvalue weighted by atomic mass is 9.80. The molecule has 2 heterocycles. The zero-order valence-electron chi connectivity index (χ0n) is 13.9. The summed E-state index contributed by atoms with van der Waals surface area (Å²) in [6, 6.07) is 0. The largest absolute Gasteiger partial charge is 0.481 e. The predicted octanol–water partition coefficient (Wildman–Crippen LogP) is 2.48. The molecule has 2 aromatic rings. The Kier molecular flexibility index (Phi) is 7.79. The fourth-order valence-electron chi connectivity index (χ4n) is 2.69. The van der Waals surface area contributed by atoms with Crippen molar-refractivity contribution >= 4 is 45.9 Å². The van der Waals surface area contributed by atoms with Gasteiger partial charge in [0.05, 0.1) is 18.2 Å². The van der Waals surface area contributed by atoms with Gasteiger partial charge in [0.1, 0.15) is 6.73 Å². The first kappa shape index (κ1) is 20.3. The maximum atomic E-state index is 11.9. The third-order valence-electron chi connectivity index (χ3n) is 3.73. The van der Waals surface area contributed by atoms with Gasteiger partial charge in [-0.15, -0.1) is 16.4 Å². The fourth-order valence-corrected chi connectivity index (χ4v) is 3.88. The van der Waals surface area contributed by atoms with Gasteiger partial charge in [0.15, 0.2) is 9.74 Å². The highest BCUT2D eigenvalue weighted by Gasteiger charge is 2.36. The molecule has 0 aliphatic heterocycles. The number of hydrogen-bond acceptors (Lipinski definition) is 8. The van der Waals surface area contributed by atoms with Gasteiger partial charge in [0.25, 0.3) is 0 Å². The molecule has 0 aliphatic rings. The number of aromatic nitrogens is 5. The van der Waals surface area contributed by atoms with Crippen LogP contribution in [0.2, 0.25) is 0 Å². The summed E-state index contributed by atoms with van der Waals surface area (Å²) in [4.78, 5) is 16.3. The van der Waals surface area contributed by atoms with Gasteiger partial charge in [0.2, 0.25) is 0 Å². The molecular formula is C14H20BrN5O3S2. The first-order chi connectivity index (χ1) is 11.9. The van der Waals surface area contributed by atoms with Crippen LogP contribution in [0.1, 0.15) is 31.3 Å². The third-order valence-corrected chi connectivity index (χ3v) is 5.33. The van der Waals surface area contributed by atoms with Crippen LogP contribution in [-0.4, -0.2) is 48.6 Å². The molecule has 2 rings (SSSR count). The van der Waals surface area contributed by atoms with Crippen molar-refractivity contribution in [1.29, 1.82) is 0 Å². The minimum atomic E-state index is -0.875. The first-order valence-electron chi connectivity index (χ1n) is 7.71. The number of thiol groups is 1. The molecule has 0 radical (unpaired) electrons. The monoisotopic (exact) mass is 449 g/mol. The number of ether oxygens (including phenoxy) is 1. The number of tetrazole rings is 1. The number of hydrogen-bond donors (Lipinski definition) is 2. The van der Waals surface area contributed by atoms with E-state index in [2.05, 4.69) is 49.1 Å². The summed E-state index contributed by atoms with van der Waals surface area (Å²) < 4.78 is 7.72. The highest BCUT2D eigenvalue weighted by Crippen LogP contribution is 2.33. The number of thiazole rings is 1. The van der Waals surface area contributed by atoms with Crippen LogP contribution < -0.4 is 0 Å². The number of carbonyl (C=O) groups is 1. The number of carboxylic acids is 1. The SMILES string of the molecule is CC(C)C(C(=O)O)[C@H](Cc1csc(Br)n1)c1nnnn1COCCS. The molecule has 0 aromatic carbocycles. The van der Waals surface area contributed by atoms with Crippen LogP contribution in [-0.2, 0) is 22.7 Å². The Morgan fingerprint density at radius 2 is 2.28 bits per heavy atom. The standard InChI is InChI=1S/C14H20BrN5O3S2/c1-8(2)11(13(21)22)10(5-9-6-25-14(15)16-9)12-17-18-19-20(12)7-23-3-4-24/h6,8,10-11,24H,3-5,7H2,1-2H3,(H,21,22)/t10-,11?/m0/s1. The van der Waals surface area contributed by atoms with E-state index < -0.39 is 17.8 Å². The average molecular weight is 450 g/mol. The van der Waals surface area contributed by atoms with E-state index in [9.17, 15) is 9.90 Å². The number of rotatable bonds is 10. The number of aliphatic carboxylic acids is 1. The molecule has 2 atom stereocenters. The average Bonchev–Trinajstić information content (AvgIpc) is 3.15. The van der Waals surface area contributed by atoms with Crippen LogP contribution in [0.25, 0.3) is 0 Å². The lowest BCUT2D eigenvalue weighted by molar-refractivity contribution is -0.144. The molecule has 1 N–H and O–H groups in total. The van der Waals surface area contributed by atoms with Crippen LogP contribution in [0, 0.1) is 11.8 Å². The Bertz CT molecular complexity index is 694. The van der Waals surface area contributed by atoms with Crippen molar-refractivity contribution in [2.24, 2.45) is 11.8 Å². The summed E-state index contributed by atoms with van der Waals surface area (Å²) in [5.74, 6) is -0.953. The fraction of sp³-hybridized carbons (Fsp3) is 0.643. The van der Waals surface area contributed by atoms with E-state index in [1.54, 1.807) is 0 Å². The van der Waals surface area contributed by atoms with Crippen molar-refractivity contribution in [2.75, 3.05) is 12.4 Å². The van der Waals surface area contributed by atoms with E-state index in [0.29, 0.717) is 24.6 Å². The van der Waals surface area contributed by atoms with Gasteiger partial charge in [-0.2, -0.15) is 12.6 Å². The Labute approximate surface area is 163 Å². The molecule has 2 aromatic heterocycles. The summed E-state index contributed by atoms with van der Waals surface area (Å²) in [6.07, 6.45) is 0.435. The van der Waals surface area contributed by atoms with Gasteiger partial charge in [0, 0.05) is 23.5 Å². The molecule has 1 unspecified atom stereocenters. The van der Waals surface area contributed by atoms with E-state index >= 15 is 0 Å². The second-order valence-corrected chi connectivity index (χ2v) is 8.39. The van der Waals surface area contributed by atoms with Crippen molar-refractivity contribution in [2.45, 2.75) is 32.9 Å². The van der Waals surface area contributed by atoms with Gasteiger partial charge in [-0.25, -0.2) is 9.67 Å². The zero-order chi connectivity index (χ0) is 18.4. The van der Waals surface area contributed by atoms with Crippen molar-refractivity contribution in [3.8, 4) is 0 Å². The molecular weight excluding hydrogens is 430 g/mol. The third kappa shape index (κ3) is 5.47. The van der Waals surface area contributed by atoms with Gasteiger partial charge in [-0.05, 0) is 32.3 Å². The molecule has 8 nitrogen and oxygen atoms in total. The summed E-state index contributed by atoms with van der Waals surface area (Å²) in [5, 5.41) is 23.4. The molecule has 0 spiro atoms. The molecule has 0 saturated heterocycles. The molecule has 0 aliphatic carbocycles. The van der Waals surface area contributed by atoms with E-state index in [4.69, 9.17) is 4.74 Å². The maximum Gasteiger partial charge on any atom is 0.307 e. The van der Waals surface area contributed by atoms with Crippen molar-refractivity contribution in [1.82, 2.24) is 25.2 Å². The van der Waals surface area contributed by atoms with E-state index in [1.807, 2.05) is 19.2 Å². The van der Waals surface area contributed by atoms with Gasteiger partial charge in [-0.1, -0.05) is 13.8 Å². The van der Waals surface area contributed by atoms with Crippen LogP contribution >= 0.6 is 39.9 Å². The van der Waals surface area contributed by atoms with E-state index in [0.717, 1.165) is 9.61 Å². The van der Waals surface area contributed by atoms with Crippen LogP contribution in [0.4, 0.5) is 0 Å². The number of carboxylic acid groups (broad SMARTS) is 1. The highest BCUT2D eigenvalue weighted by molar-refractivity contribution is 9.11. The quantitative estimate of drug-likeness (QED) is 0.424. The van der Waals surface area contributed by atoms with Crippen LogP contribution in [0.5, 0.6) is 0 Å². The Morgan fingerprint density at radius 1 is 1.52 bits per heavy atom. The molecule has 25 heavy (non-hydrogen) atoms. The molecule has 0 bridgehead atoms. The minimum Gasteiger partial charge on any atom is -0.481 e. The van der Waals surface area contributed by atoms with Crippen molar-refractivity contribution in [3.63, 3.8) is 0 Å². The minimum absolute atomic E-state index is 0.0897.